The van der Waals surface area contributed by atoms with Gasteiger partial charge in [0.25, 0.3) is 0 Å². The molecule has 0 spiro atoms. The molecule has 0 aliphatic heterocycles. The third-order valence-electron chi connectivity index (χ3n) is 7.39. The van der Waals surface area contributed by atoms with Crippen molar-refractivity contribution >= 4 is 5.78 Å². The van der Waals surface area contributed by atoms with Gasteiger partial charge in [-0.2, -0.15) is 0 Å². The fourth-order valence-electron chi connectivity index (χ4n) is 5.96. The molecule has 4 rings (SSSR count). The van der Waals surface area contributed by atoms with Crippen LogP contribution in [0.4, 0.5) is 0 Å². The summed E-state index contributed by atoms with van der Waals surface area (Å²) in [5.74, 6) is 0.0293. The van der Waals surface area contributed by atoms with Gasteiger partial charge in [0.1, 0.15) is 11.4 Å². The van der Waals surface area contributed by atoms with E-state index >= 15 is 0 Å². The molecule has 2 aromatic carbocycles. The van der Waals surface area contributed by atoms with Gasteiger partial charge >= 0.3 is 0 Å². The zero-order valence-corrected chi connectivity index (χ0v) is 18.3. The molecule has 0 heterocycles. The average Bonchev–Trinajstić information content (AvgIpc) is 2.80. The minimum Gasteiger partial charge on any atom is -0.380 e. The number of carbonyl (C=O) groups is 1. The first-order valence-electron chi connectivity index (χ1n) is 11.7. The summed E-state index contributed by atoms with van der Waals surface area (Å²) >= 11 is 0. The molecule has 0 bridgehead atoms. The van der Waals surface area contributed by atoms with Crippen molar-refractivity contribution in [3.63, 3.8) is 0 Å². The minimum absolute atomic E-state index is 0.00221. The first kappa shape index (κ1) is 21.1. The number of hydrogen-bond acceptors (Lipinski definition) is 2. The van der Waals surface area contributed by atoms with E-state index in [0.717, 1.165) is 43.2 Å². The van der Waals surface area contributed by atoms with Crippen LogP contribution in [0.15, 0.2) is 71.8 Å². The Balaban J connectivity index is 1.95. The number of benzene rings is 2. The normalized spacial score (nSPS) is 28.8. The molecule has 0 saturated carbocycles. The molecule has 0 unspecified atom stereocenters. The SMILES string of the molecule is CCCCC(=O)[C@H]1[C@H](c2ccccc2)[C@@H](C)C2=C(CCCC2)[C@]1(O)c1ccccc1. The molecule has 2 aliphatic rings. The van der Waals surface area contributed by atoms with Crippen LogP contribution in [-0.2, 0) is 10.4 Å². The number of allylic oxidation sites excluding steroid dienone is 1. The van der Waals surface area contributed by atoms with Gasteiger partial charge < -0.3 is 5.11 Å². The zero-order valence-electron chi connectivity index (χ0n) is 18.3. The van der Waals surface area contributed by atoms with Gasteiger partial charge in [0.05, 0.1) is 5.92 Å². The maximum atomic E-state index is 13.8. The van der Waals surface area contributed by atoms with Crippen LogP contribution in [0.2, 0.25) is 0 Å². The van der Waals surface area contributed by atoms with Crippen molar-refractivity contribution in [2.75, 3.05) is 0 Å². The second-order valence-corrected chi connectivity index (χ2v) is 9.12. The molecule has 30 heavy (non-hydrogen) atoms. The van der Waals surface area contributed by atoms with E-state index in [2.05, 4.69) is 38.1 Å². The number of aliphatic hydroxyl groups is 1. The van der Waals surface area contributed by atoms with Crippen molar-refractivity contribution in [1.82, 2.24) is 0 Å². The van der Waals surface area contributed by atoms with Gasteiger partial charge in [-0.25, -0.2) is 0 Å². The van der Waals surface area contributed by atoms with Crippen LogP contribution in [0.25, 0.3) is 0 Å². The van der Waals surface area contributed by atoms with Gasteiger partial charge in [-0.15, -0.1) is 0 Å². The van der Waals surface area contributed by atoms with Gasteiger partial charge in [-0.1, -0.05) is 86.5 Å². The van der Waals surface area contributed by atoms with E-state index < -0.39 is 11.5 Å². The lowest BCUT2D eigenvalue weighted by molar-refractivity contribution is -0.135. The van der Waals surface area contributed by atoms with Crippen LogP contribution in [-0.4, -0.2) is 10.9 Å². The van der Waals surface area contributed by atoms with E-state index in [0.29, 0.717) is 6.42 Å². The van der Waals surface area contributed by atoms with Crippen LogP contribution >= 0.6 is 0 Å². The lowest BCUT2D eigenvalue weighted by Crippen LogP contribution is -2.51. The highest BCUT2D eigenvalue weighted by Gasteiger charge is 2.55. The lowest BCUT2D eigenvalue weighted by Gasteiger charge is -2.51. The van der Waals surface area contributed by atoms with E-state index in [1.54, 1.807) is 0 Å². The van der Waals surface area contributed by atoms with Crippen molar-refractivity contribution in [3.05, 3.63) is 82.9 Å². The average molecular weight is 403 g/mol. The van der Waals surface area contributed by atoms with Crippen LogP contribution in [0.1, 0.15) is 75.8 Å². The molecule has 2 nitrogen and oxygen atoms in total. The van der Waals surface area contributed by atoms with Gasteiger partial charge in [-0.3, -0.25) is 4.79 Å². The minimum atomic E-state index is -1.21. The summed E-state index contributed by atoms with van der Waals surface area (Å²) in [6, 6.07) is 20.4. The van der Waals surface area contributed by atoms with E-state index in [1.807, 2.05) is 36.4 Å². The third kappa shape index (κ3) is 3.56. The highest BCUT2D eigenvalue weighted by Crippen LogP contribution is 2.57. The van der Waals surface area contributed by atoms with Crippen LogP contribution in [0, 0.1) is 11.8 Å². The van der Waals surface area contributed by atoms with E-state index in [-0.39, 0.29) is 17.6 Å². The van der Waals surface area contributed by atoms with E-state index in [9.17, 15) is 9.90 Å². The molecular weight excluding hydrogens is 368 g/mol. The molecule has 2 aromatic rings. The van der Waals surface area contributed by atoms with Gasteiger partial charge in [0.2, 0.25) is 0 Å². The Kier molecular flexibility index (Phi) is 6.24. The van der Waals surface area contributed by atoms with Crippen LogP contribution in [0.3, 0.4) is 0 Å². The van der Waals surface area contributed by atoms with E-state index in [4.69, 9.17) is 0 Å². The highest BCUT2D eigenvalue weighted by molar-refractivity contribution is 5.85. The Labute approximate surface area is 181 Å². The maximum Gasteiger partial charge on any atom is 0.140 e. The Bertz CT molecular complexity index is 899. The summed E-state index contributed by atoms with van der Waals surface area (Å²) in [5.41, 5.74) is 3.36. The molecule has 0 amide bonds. The summed E-state index contributed by atoms with van der Waals surface area (Å²) < 4.78 is 0. The largest absolute Gasteiger partial charge is 0.380 e. The summed E-state index contributed by atoms with van der Waals surface area (Å²) in [7, 11) is 0. The van der Waals surface area contributed by atoms with Crippen LogP contribution in [0.5, 0.6) is 0 Å². The Hall–Kier alpha value is -2.19. The summed E-state index contributed by atoms with van der Waals surface area (Å²) in [6.45, 7) is 4.40. The molecule has 1 N–H and O–H groups in total. The molecule has 158 valence electrons. The van der Waals surface area contributed by atoms with Crippen molar-refractivity contribution in [3.8, 4) is 0 Å². The standard InChI is InChI=1S/C28H34O2/c1-3-4-19-25(29)27-26(21-13-7-5-8-14-21)20(2)23-17-11-12-18-24(23)28(27,30)22-15-9-6-10-16-22/h5-10,13-16,20,26-27,30H,3-4,11-12,17-19H2,1-2H3/t20-,26-,27-,28+/m0/s1. The molecular formula is C28H34O2. The van der Waals surface area contributed by atoms with Gasteiger partial charge in [-0.05, 0) is 54.7 Å². The highest BCUT2D eigenvalue weighted by atomic mass is 16.3. The second kappa shape index (κ2) is 8.89. The predicted molar refractivity (Wildman–Crippen MR) is 122 cm³/mol. The summed E-state index contributed by atoms with van der Waals surface area (Å²) in [4.78, 5) is 13.8. The molecule has 4 atom stereocenters. The quantitative estimate of drug-likeness (QED) is 0.556. The molecule has 0 fully saturated rings. The van der Waals surface area contributed by atoms with Crippen molar-refractivity contribution < 1.29 is 9.90 Å². The topological polar surface area (TPSA) is 37.3 Å². The number of Topliss-reactive ketones (excluding diaryl/α,β-unsaturated/α-hetero) is 1. The Morgan fingerprint density at radius 1 is 1.00 bits per heavy atom. The summed E-state index contributed by atoms with van der Waals surface area (Å²) in [5, 5.41) is 12.5. The molecule has 2 aliphatic carbocycles. The predicted octanol–water partition coefficient (Wildman–Crippen LogP) is 6.55. The summed E-state index contributed by atoms with van der Waals surface area (Å²) in [6.07, 6.45) is 6.59. The molecule has 2 heteroatoms. The maximum absolute atomic E-state index is 13.8. The first-order chi connectivity index (χ1) is 14.6. The van der Waals surface area contributed by atoms with Gasteiger partial charge in [0.15, 0.2) is 0 Å². The second-order valence-electron chi connectivity index (χ2n) is 9.12. The van der Waals surface area contributed by atoms with Crippen LogP contribution < -0.4 is 0 Å². The Morgan fingerprint density at radius 3 is 2.30 bits per heavy atom. The number of carbonyl (C=O) groups excluding carboxylic acids is 1. The Morgan fingerprint density at radius 2 is 1.63 bits per heavy atom. The fourth-order valence-corrected chi connectivity index (χ4v) is 5.96. The van der Waals surface area contributed by atoms with Crippen molar-refractivity contribution in [2.24, 2.45) is 11.8 Å². The number of unbranched alkanes of at least 4 members (excludes halogenated alkanes) is 1. The van der Waals surface area contributed by atoms with Crippen molar-refractivity contribution in [1.29, 1.82) is 0 Å². The number of rotatable bonds is 6. The molecule has 0 radical (unpaired) electrons. The third-order valence-corrected chi connectivity index (χ3v) is 7.39. The monoisotopic (exact) mass is 402 g/mol. The lowest BCUT2D eigenvalue weighted by atomic mass is 9.54. The van der Waals surface area contributed by atoms with Crippen molar-refractivity contribution in [2.45, 2.75) is 70.3 Å². The number of hydrogen-bond donors (Lipinski definition) is 1. The zero-order chi connectivity index (χ0) is 21.1. The first-order valence-corrected chi connectivity index (χ1v) is 11.7. The molecule has 0 saturated heterocycles. The van der Waals surface area contributed by atoms with E-state index in [1.165, 1.54) is 17.6 Å². The molecule has 0 aromatic heterocycles. The fraction of sp³-hybridized carbons (Fsp3) is 0.464. The number of ketones is 1. The van der Waals surface area contributed by atoms with Gasteiger partial charge in [0, 0.05) is 12.3 Å². The smallest absolute Gasteiger partial charge is 0.140 e.